The molecule has 0 saturated carbocycles. The van der Waals surface area contributed by atoms with Crippen molar-refractivity contribution >= 4 is 27.1 Å². The van der Waals surface area contributed by atoms with Crippen molar-refractivity contribution in [3.05, 3.63) is 35.2 Å². The van der Waals surface area contributed by atoms with Crippen molar-refractivity contribution in [2.24, 2.45) is 0 Å². The minimum Gasteiger partial charge on any atom is -0.391 e. The van der Waals surface area contributed by atoms with Crippen molar-refractivity contribution in [3.63, 3.8) is 0 Å². The van der Waals surface area contributed by atoms with Crippen LogP contribution in [-0.4, -0.2) is 11.5 Å². The van der Waals surface area contributed by atoms with Crippen molar-refractivity contribution in [2.45, 2.75) is 34.1 Å². The summed E-state index contributed by atoms with van der Waals surface area (Å²) in [5.41, 5.74) is 1.84. The van der Waals surface area contributed by atoms with Crippen molar-refractivity contribution in [3.8, 4) is 0 Å². The Morgan fingerprint density at radius 2 is 2.21 bits per heavy atom. The van der Waals surface area contributed by atoms with Gasteiger partial charge in [0.15, 0.2) is 0 Å². The van der Waals surface area contributed by atoms with Crippen LogP contribution < -0.4 is 5.32 Å². The molecule has 2 aromatic rings. The van der Waals surface area contributed by atoms with Crippen LogP contribution in [0, 0.1) is 5.82 Å². The maximum Gasteiger partial charge on any atom is 0.144 e. The van der Waals surface area contributed by atoms with Gasteiger partial charge in [0.05, 0.1) is 10.2 Å². The molecule has 2 heterocycles. The zero-order chi connectivity index (χ0) is 14.3. The zero-order valence-electron chi connectivity index (χ0n) is 12.0. The summed E-state index contributed by atoms with van der Waals surface area (Å²) in [7, 11) is 0. The number of hydrogen-bond acceptors (Lipinski definition) is 3. The van der Waals surface area contributed by atoms with Crippen LogP contribution in [0.25, 0.3) is 15.8 Å². The molecule has 0 spiro atoms. The summed E-state index contributed by atoms with van der Waals surface area (Å²) in [5.74, 6) is -0.194. The maximum absolute atomic E-state index is 13.5. The van der Waals surface area contributed by atoms with Crippen LogP contribution >= 0.6 is 11.3 Å². The lowest BCUT2D eigenvalue weighted by atomic mass is 10.2. The van der Waals surface area contributed by atoms with Gasteiger partial charge < -0.3 is 5.32 Å². The Bertz CT molecular complexity index is 546. The summed E-state index contributed by atoms with van der Waals surface area (Å²) < 4.78 is 14.1. The lowest BCUT2D eigenvalue weighted by Gasteiger charge is -1.99. The first kappa shape index (κ1) is 15.6. The minimum atomic E-state index is -0.194. The summed E-state index contributed by atoms with van der Waals surface area (Å²) in [6, 6.07) is 3.33. The molecule has 2 rings (SSSR count). The van der Waals surface area contributed by atoms with Crippen molar-refractivity contribution in [1.82, 2.24) is 10.3 Å². The topological polar surface area (TPSA) is 24.9 Å². The van der Waals surface area contributed by atoms with Gasteiger partial charge in [-0.1, -0.05) is 20.8 Å². The fourth-order valence-corrected chi connectivity index (χ4v) is 2.53. The van der Waals surface area contributed by atoms with Crippen LogP contribution in [-0.2, 0) is 0 Å². The Hall–Kier alpha value is -1.42. The summed E-state index contributed by atoms with van der Waals surface area (Å²) in [6.07, 6.45) is 4.57. The fourth-order valence-electron chi connectivity index (χ4n) is 1.54. The highest BCUT2D eigenvalue weighted by atomic mass is 32.1. The molecule has 104 valence electrons. The minimum absolute atomic E-state index is 0.194. The van der Waals surface area contributed by atoms with Gasteiger partial charge in [0.1, 0.15) is 5.82 Å². The highest BCUT2D eigenvalue weighted by Crippen LogP contribution is 2.30. The second kappa shape index (κ2) is 7.89. The molecular formula is C15H21FN2S. The number of rotatable bonds is 4. The number of aromatic nitrogens is 1. The Labute approximate surface area is 118 Å². The molecule has 0 fully saturated rings. The van der Waals surface area contributed by atoms with E-state index in [0.29, 0.717) is 4.70 Å². The molecular weight excluding hydrogens is 259 g/mol. The SMILES string of the molecule is CC.CCCN/C=C(\C)c1cc2nccc(F)c2s1. The van der Waals surface area contributed by atoms with Crippen LogP contribution in [0.15, 0.2) is 24.5 Å². The molecule has 0 aliphatic heterocycles. The van der Waals surface area contributed by atoms with E-state index in [1.807, 2.05) is 33.0 Å². The average molecular weight is 280 g/mol. The van der Waals surface area contributed by atoms with Crippen LogP contribution in [0.3, 0.4) is 0 Å². The molecule has 4 heteroatoms. The standard InChI is InChI=1S/C13H15FN2S.C2H6/c1-3-5-15-8-9(2)12-7-11-13(17-12)10(14)4-6-16-11;1-2/h4,6-8,15H,3,5H2,1-2H3;1-2H3/b9-8+;. The summed E-state index contributed by atoms with van der Waals surface area (Å²) in [4.78, 5) is 5.22. The van der Waals surface area contributed by atoms with Gasteiger partial charge in [-0.05, 0) is 31.1 Å². The molecule has 1 N–H and O–H groups in total. The molecule has 2 nitrogen and oxygen atoms in total. The Kier molecular flexibility index (Phi) is 6.50. The van der Waals surface area contributed by atoms with Gasteiger partial charge in [-0.15, -0.1) is 11.3 Å². The molecule has 0 atom stereocenters. The van der Waals surface area contributed by atoms with Crippen molar-refractivity contribution < 1.29 is 4.39 Å². The van der Waals surface area contributed by atoms with Gasteiger partial charge in [0, 0.05) is 23.8 Å². The van der Waals surface area contributed by atoms with Crippen molar-refractivity contribution in [2.75, 3.05) is 6.54 Å². The van der Waals surface area contributed by atoms with Gasteiger partial charge in [-0.2, -0.15) is 0 Å². The molecule has 0 aromatic carbocycles. The molecule has 0 aliphatic carbocycles. The second-order valence-corrected chi connectivity index (χ2v) is 4.95. The molecule has 0 amide bonds. The largest absolute Gasteiger partial charge is 0.391 e. The monoisotopic (exact) mass is 280 g/mol. The molecule has 19 heavy (non-hydrogen) atoms. The van der Waals surface area contributed by atoms with E-state index in [1.54, 1.807) is 0 Å². The summed E-state index contributed by atoms with van der Waals surface area (Å²) >= 11 is 1.44. The van der Waals surface area contributed by atoms with Crippen LogP contribution in [0.5, 0.6) is 0 Å². The van der Waals surface area contributed by atoms with E-state index in [4.69, 9.17) is 0 Å². The van der Waals surface area contributed by atoms with E-state index >= 15 is 0 Å². The van der Waals surface area contributed by atoms with Crippen LogP contribution in [0.1, 0.15) is 39.0 Å². The third kappa shape index (κ3) is 4.03. The third-order valence-corrected chi connectivity index (χ3v) is 3.73. The van der Waals surface area contributed by atoms with E-state index in [2.05, 4.69) is 17.2 Å². The van der Waals surface area contributed by atoms with Gasteiger partial charge in [0.25, 0.3) is 0 Å². The third-order valence-electron chi connectivity index (χ3n) is 2.47. The predicted molar refractivity (Wildman–Crippen MR) is 82.9 cm³/mol. The number of halogens is 1. The second-order valence-electron chi connectivity index (χ2n) is 3.90. The quantitative estimate of drug-likeness (QED) is 0.812. The lowest BCUT2D eigenvalue weighted by molar-refractivity contribution is 0.640. The number of thiophene rings is 1. The Morgan fingerprint density at radius 1 is 1.47 bits per heavy atom. The summed E-state index contributed by atoms with van der Waals surface area (Å²) in [5, 5.41) is 3.22. The molecule has 0 bridgehead atoms. The smallest absolute Gasteiger partial charge is 0.144 e. The number of nitrogens with zero attached hydrogens (tertiary/aromatic N) is 1. The number of fused-ring (bicyclic) bond motifs is 1. The highest BCUT2D eigenvalue weighted by molar-refractivity contribution is 7.20. The van der Waals surface area contributed by atoms with E-state index in [1.165, 1.54) is 23.6 Å². The van der Waals surface area contributed by atoms with Crippen LogP contribution in [0.2, 0.25) is 0 Å². The molecule has 2 aromatic heterocycles. The predicted octanol–water partition coefficient (Wildman–Crippen LogP) is 4.82. The maximum atomic E-state index is 13.5. The van der Waals surface area contributed by atoms with Gasteiger partial charge in [-0.3, -0.25) is 4.98 Å². The van der Waals surface area contributed by atoms with Gasteiger partial charge >= 0.3 is 0 Å². The first-order chi connectivity index (χ1) is 9.22. The van der Waals surface area contributed by atoms with E-state index < -0.39 is 0 Å². The number of hydrogen-bond donors (Lipinski definition) is 1. The first-order valence-electron chi connectivity index (χ1n) is 6.67. The molecule has 0 saturated heterocycles. The number of allylic oxidation sites excluding steroid dienone is 1. The Morgan fingerprint density at radius 3 is 2.84 bits per heavy atom. The normalized spacial score (nSPS) is 11.1. The zero-order valence-corrected chi connectivity index (χ0v) is 12.8. The van der Waals surface area contributed by atoms with E-state index in [9.17, 15) is 4.39 Å². The lowest BCUT2D eigenvalue weighted by Crippen LogP contribution is -2.05. The Balaban J connectivity index is 0.000000861. The molecule has 0 aliphatic rings. The fraction of sp³-hybridized carbons (Fsp3) is 0.400. The molecule has 0 unspecified atom stereocenters. The highest BCUT2D eigenvalue weighted by Gasteiger charge is 2.07. The van der Waals surface area contributed by atoms with E-state index in [-0.39, 0.29) is 5.82 Å². The van der Waals surface area contributed by atoms with E-state index in [0.717, 1.165) is 28.9 Å². The van der Waals surface area contributed by atoms with Crippen molar-refractivity contribution in [1.29, 1.82) is 0 Å². The number of pyridine rings is 1. The number of nitrogens with one attached hydrogen (secondary N) is 1. The molecule has 0 radical (unpaired) electrons. The van der Waals surface area contributed by atoms with Gasteiger partial charge in [0.2, 0.25) is 0 Å². The first-order valence-corrected chi connectivity index (χ1v) is 7.48. The average Bonchev–Trinajstić information content (AvgIpc) is 2.87. The van der Waals surface area contributed by atoms with Crippen LogP contribution in [0.4, 0.5) is 4.39 Å². The summed E-state index contributed by atoms with van der Waals surface area (Å²) in [6.45, 7) is 9.09. The van der Waals surface area contributed by atoms with Gasteiger partial charge in [-0.25, -0.2) is 4.39 Å².